The number of ether oxygens (including phenoxy) is 1. The molecule has 1 saturated heterocycles. The van der Waals surface area contributed by atoms with Crippen LogP contribution in [0.5, 0.6) is 0 Å². The third-order valence-corrected chi connectivity index (χ3v) is 4.25. The van der Waals surface area contributed by atoms with E-state index in [4.69, 9.17) is 4.74 Å². The molecule has 0 aliphatic carbocycles. The van der Waals surface area contributed by atoms with E-state index in [1.807, 2.05) is 14.0 Å². The predicted molar refractivity (Wildman–Crippen MR) is 115 cm³/mol. The number of aliphatic imine (C=N–C) groups is 1. The zero-order valence-electron chi connectivity index (χ0n) is 16.3. The first-order valence-corrected chi connectivity index (χ1v) is 9.24. The van der Waals surface area contributed by atoms with Crippen molar-refractivity contribution >= 4 is 35.8 Å². The monoisotopic (exact) mass is 515 g/mol. The smallest absolute Gasteiger partial charge is 0.381 e. The van der Waals surface area contributed by atoms with E-state index in [0.29, 0.717) is 24.8 Å². The van der Waals surface area contributed by atoms with Crippen molar-refractivity contribution in [3.05, 3.63) is 23.9 Å². The minimum Gasteiger partial charge on any atom is -0.381 e. The SMILES string of the molecule is CCNC(=NCCCNc1ccc(C(F)(F)F)cn1)N(C)CC1CCOC1.I. The largest absolute Gasteiger partial charge is 0.417 e. The van der Waals surface area contributed by atoms with Crippen LogP contribution in [-0.2, 0) is 10.9 Å². The van der Waals surface area contributed by atoms with Gasteiger partial charge in [-0.2, -0.15) is 13.2 Å². The van der Waals surface area contributed by atoms with Crippen LogP contribution in [0, 0.1) is 5.92 Å². The molecular formula is C18H29F3IN5O. The zero-order chi connectivity index (χ0) is 19.7. The Balaban J connectivity index is 0.00000392. The standard InChI is InChI=1S/C18H28F3N5O.HI/c1-3-22-17(26(2)12-14-7-10-27-13-14)24-9-4-8-23-16-6-5-15(11-25-16)18(19,20)21;/h5-6,11,14H,3-4,7-10,12-13H2,1-2H3,(H,22,24)(H,23,25);1H. The van der Waals surface area contributed by atoms with Gasteiger partial charge in [-0.15, -0.1) is 24.0 Å². The van der Waals surface area contributed by atoms with Crippen LogP contribution in [0.4, 0.5) is 19.0 Å². The second-order valence-corrected chi connectivity index (χ2v) is 6.56. The van der Waals surface area contributed by atoms with E-state index in [1.54, 1.807) is 0 Å². The topological polar surface area (TPSA) is 61.8 Å². The zero-order valence-corrected chi connectivity index (χ0v) is 18.6. The minimum atomic E-state index is -4.36. The summed E-state index contributed by atoms with van der Waals surface area (Å²) in [6.07, 6.45) is -1.70. The lowest BCUT2D eigenvalue weighted by Crippen LogP contribution is -2.41. The highest BCUT2D eigenvalue weighted by Gasteiger charge is 2.30. The van der Waals surface area contributed by atoms with Crippen molar-refractivity contribution in [2.75, 3.05) is 51.8 Å². The van der Waals surface area contributed by atoms with Gasteiger partial charge in [0.05, 0.1) is 12.2 Å². The van der Waals surface area contributed by atoms with Gasteiger partial charge in [0.2, 0.25) is 0 Å². The van der Waals surface area contributed by atoms with Gasteiger partial charge in [-0.3, -0.25) is 4.99 Å². The fourth-order valence-corrected chi connectivity index (χ4v) is 2.82. The fraction of sp³-hybridized carbons (Fsp3) is 0.667. The summed E-state index contributed by atoms with van der Waals surface area (Å²) >= 11 is 0. The molecule has 10 heteroatoms. The van der Waals surface area contributed by atoms with Gasteiger partial charge < -0.3 is 20.3 Å². The van der Waals surface area contributed by atoms with E-state index in [0.717, 1.165) is 57.4 Å². The number of hydrogen-bond acceptors (Lipinski definition) is 4. The summed E-state index contributed by atoms with van der Waals surface area (Å²) in [4.78, 5) is 10.5. The van der Waals surface area contributed by atoms with Gasteiger partial charge in [0, 0.05) is 51.9 Å². The maximum absolute atomic E-state index is 12.5. The Kier molecular flexibility index (Phi) is 10.9. The van der Waals surface area contributed by atoms with Gasteiger partial charge in [-0.25, -0.2) is 4.98 Å². The molecule has 2 rings (SSSR count). The Hall–Kier alpha value is -1.30. The number of aromatic nitrogens is 1. The number of nitrogens with zero attached hydrogens (tertiary/aromatic N) is 3. The van der Waals surface area contributed by atoms with E-state index < -0.39 is 11.7 Å². The lowest BCUT2D eigenvalue weighted by molar-refractivity contribution is -0.137. The number of rotatable bonds is 8. The quantitative estimate of drug-likeness (QED) is 0.241. The molecule has 1 aromatic heterocycles. The van der Waals surface area contributed by atoms with Crippen LogP contribution >= 0.6 is 24.0 Å². The molecule has 28 heavy (non-hydrogen) atoms. The van der Waals surface area contributed by atoms with Crippen LogP contribution < -0.4 is 10.6 Å². The highest BCUT2D eigenvalue weighted by Crippen LogP contribution is 2.28. The number of pyridine rings is 1. The molecule has 6 nitrogen and oxygen atoms in total. The van der Waals surface area contributed by atoms with Crippen LogP contribution in [0.1, 0.15) is 25.3 Å². The van der Waals surface area contributed by atoms with Crippen molar-refractivity contribution < 1.29 is 17.9 Å². The summed E-state index contributed by atoms with van der Waals surface area (Å²) in [6, 6.07) is 2.37. The Morgan fingerprint density at radius 2 is 2.18 bits per heavy atom. The second kappa shape index (κ2) is 12.3. The molecule has 0 saturated carbocycles. The summed E-state index contributed by atoms with van der Waals surface area (Å²) in [5.41, 5.74) is -0.747. The molecule has 1 aliphatic heterocycles. The van der Waals surface area contributed by atoms with Crippen molar-refractivity contribution in [1.82, 2.24) is 15.2 Å². The van der Waals surface area contributed by atoms with Gasteiger partial charge >= 0.3 is 6.18 Å². The molecule has 0 spiro atoms. The number of halogens is 4. The van der Waals surface area contributed by atoms with E-state index in [2.05, 4.69) is 25.5 Å². The lowest BCUT2D eigenvalue weighted by Gasteiger charge is -2.24. The van der Waals surface area contributed by atoms with E-state index >= 15 is 0 Å². The Labute approximate surface area is 181 Å². The average molecular weight is 515 g/mol. The highest BCUT2D eigenvalue weighted by molar-refractivity contribution is 14.0. The lowest BCUT2D eigenvalue weighted by atomic mass is 10.1. The Morgan fingerprint density at radius 1 is 1.39 bits per heavy atom. The minimum absolute atomic E-state index is 0. The first kappa shape index (κ1) is 24.7. The van der Waals surface area contributed by atoms with E-state index in [-0.39, 0.29) is 24.0 Å². The maximum Gasteiger partial charge on any atom is 0.417 e. The summed E-state index contributed by atoms with van der Waals surface area (Å²) in [5.74, 6) is 1.82. The van der Waals surface area contributed by atoms with Crippen molar-refractivity contribution in [2.24, 2.45) is 10.9 Å². The van der Waals surface area contributed by atoms with Gasteiger partial charge in [0.1, 0.15) is 5.82 Å². The normalized spacial score (nSPS) is 17.2. The molecule has 1 aliphatic rings. The molecule has 0 radical (unpaired) electrons. The van der Waals surface area contributed by atoms with Crippen LogP contribution in [-0.4, -0.2) is 62.3 Å². The van der Waals surface area contributed by atoms with Crippen molar-refractivity contribution in [3.63, 3.8) is 0 Å². The van der Waals surface area contributed by atoms with E-state index in [9.17, 15) is 13.2 Å². The molecule has 0 amide bonds. The fourth-order valence-electron chi connectivity index (χ4n) is 2.82. The second-order valence-electron chi connectivity index (χ2n) is 6.56. The molecular weight excluding hydrogens is 486 g/mol. The van der Waals surface area contributed by atoms with Crippen molar-refractivity contribution in [1.29, 1.82) is 0 Å². The Morgan fingerprint density at radius 3 is 2.75 bits per heavy atom. The molecule has 0 aromatic carbocycles. The van der Waals surface area contributed by atoms with Gasteiger partial charge in [-0.1, -0.05) is 0 Å². The number of anilines is 1. The molecule has 0 bridgehead atoms. The molecule has 160 valence electrons. The molecule has 1 atom stereocenters. The molecule has 1 aromatic rings. The molecule has 2 heterocycles. The molecule has 1 fully saturated rings. The molecule has 2 N–H and O–H groups in total. The Bertz CT molecular complexity index is 592. The van der Waals surface area contributed by atoms with Gasteiger partial charge in [-0.05, 0) is 31.9 Å². The van der Waals surface area contributed by atoms with E-state index in [1.165, 1.54) is 6.07 Å². The maximum atomic E-state index is 12.5. The molecule has 1 unspecified atom stereocenters. The van der Waals surface area contributed by atoms with Crippen LogP contribution in [0.3, 0.4) is 0 Å². The number of alkyl halides is 3. The average Bonchev–Trinajstić information content (AvgIpc) is 3.13. The number of nitrogens with one attached hydrogen (secondary N) is 2. The summed E-state index contributed by atoms with van der Waals surface area (Å²) in [6.45, 7) is 6.55. The third-order valence-electron chi connectivity index (χ3n) is 4.25. The first-order chi connectivity index (χ1) is 12.9. The highest BCUT2D eigenvalue weighted by atomic mass is 127. The van der Waals surface area contributed by atoms with Crippen molar-refractivity contribution in [3.8, 4) is 0 Å². The van der Waals surface area contributed by atoms with Crippen LogP contribution in [0.2, 0.25) is 0 Å². The third kappa shape index (κ3) is 8.38. The van der Waals surface area contributed by atoms with Crippen molar-refractivity contribution in [2.45, 2.75) is 25.9 Å². The van der Waals surface area contributed by atoms with Crippen LogP contribution in [0.15, 0.2) is 23.3 Å². The number of hydrogen-bond donors (Lipinski definition) is 2. The summed E-state index contributed by atoms with van der Waals surface area (Å²) in [5, 5.41) is 6.30. The summed E-state index contributed by atoms with van der Waals surface area (Å²) < 4.78 is 43.0. The summed E-state index contributed by atoms with van der Waals surface area (Å²) in [7, 11) is 2.02. The van der Waals surface area contributed by atoms with Gasteiger partial charge in [0.15, 0.2) is 5.96 Å². The predicted octanol–water partition coefficient (Wildman–Crippen LogP) is 3.45. The first-order valence-electron chi connectivity index (χ1n) is 9.24. The number of guanidine groups is 1. The van der Waals surface area contributed by atoms with Gasteiger partial charge in [0.25, 0.3) is 0 Å². The van der Waals surface area contributed by atoms with Crippen LogP contribution in [0.25, 0.3) is 0 Å².